The minimum atomic E-state index is -0.707. The number of amides is 2. The van der Waals surface area contributed by atoms with E-state index in [1.807, 2.05) is 39.8 Å². The lowest BCUT2D eigenvalue weighted by molar-refractivity contribution is -0.121. The van der Waals surface area contributed by atoms with E-state index in [9.17, 15) is 14.7 Å². The fraction of sp³-hybridized carbons (Fsp3) is 0.238. The number of benzene rings is 2. The second-order valence-corrected chi connectivity index (χ2v) is 6.65. The summed E-state index contributed by atoms with van der Waals surface area (Å²) in [5.41, 5.74) is 2.68. The van der Waals surface area contributed by atoms with Crippen molar-refractivity contribution >= 4 is 23.1 Å². The third-order valence-electron chi connectivity index (χ3n) is 4.18. The Hall–Kier alpha value is -3.08. The first-order chi connectivity index (χ1) is 12.3. The minimum Gasteiger partial charge on any atom is -0.502 e. The SMILES string of the molecule is Cc1ccc(C)c(N2C(=O)C(O)=C(c3ccc(OC(C)C)cc3)C2=O)c1. The summed E-state index contributed by atoms with van der Waals surface area (Å²) >= 11 is 0. The molecule has 0 radical (unpaired) electrons. The number of aryl methyl sites for hydroxylation is 2. The zero-order valence-electron chi connectivity index (χ0n) is 15.2. The predicted molar refractivity (Wildman–Crippen MR) is 100 cm³/mol. The van der Waals surface area contributed by atoms with E-state index >= 15 is 0 Å². The molecule has 0 atom stereocenters. The van der Waals surface area contributed by atoms with Crippen molar-refractivity contribution < 1.29 is 19.4 Å². The summed E-state index contributed by atoms with van der Waals surface area (Å²) in [5, 5.41) is 10.3. The fourth-order valence-corrected chi connectivity index (χ4v) is 2.93. The molecule has 5 nitrogen and oxygen atoms in total. The molecule has 134 valence electrons. The van der Waals surface area contributed by atoms with Crippen LogP contribution < -0.4 is 9.64 Å². The molecule has 1 aliphatic rings. The van der Waals surface area contributed by atoms with Crippen molar-refractivity contribution in [3.63, 3.8) is 0 Å². The van der Waals surface area contributed by atoms with Crippen molar-refractivity contribution in [1.29, 1.82) is 0 Å². The molecule has 0 bridgehead atoms. The van der Waals surface area contributed by atoms with Crippen molar-refractivity contribution in [2.45, 2.75) is 33.8 Å². The van der Waals surface area contributed by atoms with Crippen molar-refractivity contribution in [2.24, 2.45) is 0 Å². The highest BCUT2D eigenvalue weighted by Crippen LogP contribution is 2.34. The topological polar surface area (TPSA) is 66.8 Å². The van der Waals surface area contributed by atoms with Gasteiger partial charge >= 0.3 is 5.91 Å². The Morgan fingerprint density at radius 1 is 0.962 bits per heavy atom. The van der Waals surface area contributed by atoms with Crippen LogP contribution in [0.3, 0.4) is 0 Å². The minimum absolute atomic E-state index is 0.00648. The van der Waals surface area contributed by atoms with Gasteiger partial charge < -0.3 is 9.84 Å². The molecule has 0 aromatic heterocycles. The first kappa shape index (κ1) is 17.7. The number of anilines is 1. The molecule has 3 rings (SSSR count). The molecule has 2 aromatic rings. The van der Waals surface area contributed by atoms with Crippen molar-refractivity contribution in [3.8, 4) is 5.75 Å². The Kier molecular flexibility index (Phi) is 4.55. The molecule has 1 heterocycles. The van der Waals surface area contributed by atoms with Gasteiger partial charge in [-0.15, -0.1) is 0 Å². The molecule has 1 N–H and O–H groups in total. The Morgan fingerprint density at radius 2 is 1.62 bits per heavy atom. The summed E-state index contributed by atoms with van der Waals surface area (Å²) in [6, 6.07) is 12.3. The average Bonchev–Trinajstić information content (AvgIpc) is 2.80. The van der Waals surface area contributed by atoms with E-state index in [4.69, 9.17) is 4.74 Å². The van der Waals surface area contributed by atoms with Gasteiger partial charge in [-0.2, -0.15) is 0 Å². The number of rotatable bonds is 4. The van der Waals surface area contributed by atoms with Gasteiger partial charge in [-0.3, -0.25) is 9.59 Å². The third kappa shape index (κ3) is 3.08. The smallest absolute Gasteiger partial charge is 0.301 e. The molecule has 0 saturated heterocycles. The lowest BCUT2D eigenvalue weighted by Gasteiger charge is -2.17. The molecule has 0 aliphatic carbocycles. The Balaban J connectivity index is 1.98. The van der Waals surface area contributed by atoms with Crippen molar-refractivity contribution in [1.82, 2.24) is 0 Å². The Morgan fingerprint density at radius 3 is 2.23 bits per heavy atom. The highest BCUT2D eigenvalue weighted by atomic mass is 16.5. The van der Waals surface area contributed by atoms with E-state index in [1.165, 1.54) is 0 Å². The quantitative estimate of drug-likeness (QED) is 0.848. The first-order valence-electron chi connectivity index (χ1n) is 8.46. The van der Waals surface area contributed by atoms with Crippen LogP contribution in [0, 0.1) is 13.8 Å². The molecule has 26 heavy (non-hydrogen) atoms. The third-order valence-corrected chi connectivity index (χ3v) is 4.18. The van der Waals surface area contributed by atoms with Gasteiger partial charge in [0.2, 0.25) is 0 Å². The zero-order valence-corrected chi connectivity index (χ0v) is 15.2. The second-order valence-electron chi connectivity index (χ2n) is 6.65. The van der Waals surface area contributed by atoms with Gasteiger partial charge in [0.05, 0.1) is 17.4 Å². The van der Waals surface area contributed by atoms with Crippen LogP contribution in [-0.2, 0) is 9.59 Å². The van der Waals surface area contributed by atoms with Crippen molar-refractivity contribution in [2.75, 3.05) is 4.90 Å². The fourth-order valence-electron chi connectivity index (χ4n) is 2.93. The number of hydrogen-bond donors (Lipinski definition) is 1. The lowest BCUT2D eigenvalue weighted by atomic mass is 10.1. The maximum atomic E-state index is 12.9. The maximum Gasteiger partial charge on any atom is 0.301 e. The zero-order chi connectivity index (χ0) is 19.0. The number of carbonyl (C=O) groups excluding carboxylic acids is 2. The molecule has 5 heteroatoms. The maximum absolute atomic E-state index is 12.9. The van der Waals surface area contributed by atoms with E-state index in [2.05, 4.69) is 0 Å². The van der Waals surface area contributed by atoms with E-state index in [0.717, 1.165) is 16.0 Å². The summed E-state index contributed by atoms with van der Waals surface area (Å²) in [4.78, 5) is 26.5. The number of aliphatic hydroxyl groups excluding tert-OH is 1. The van der Waals surface area contributed by atoms with Crippen LogP contribution in [0.15, 0.2) is 48.2 Å². The molecular formula is C21H21NO4. The summed E-state index contributed by atoms with van der Waals surface area (Å²) in [6.45, 7) is 7.55. The van der Waals surface area contributed by atoms with Crippen LogP contribution in [0.2, 0.25) is 0 Å². The molecule has 0 unspecified atom stereocenters. The van der Waals surface area contributed by atoms with Gasteiger partial charge in [0.25, 0.3) is 5.91 Å². The largest absolute Gasteiger partial charge is 0.502 e. The predicted octanol–water partition coefficient (Wildman–Crippen LogP) is 3.93. The van der Waals surface area contributed by atoms with E-state index in [-0.39, 0.29) is 11.7 Å². The van der Waals surface area contributed by atoms with Gasteiger partial charge in [-0.05, 0) is 62.6 Å². The van der Waals surface area contributed by atoms with Gasteiger partial charge in [0.15, 0.2) is 5.76 Å². The van der Waals surface area contributed by atoms with Crippen molar-refractivity contribution in [3.05, 3.63) is 64.9 Å². The Bertz CT molecular complexity index is 910. The van der Waals surface area contributed by atoms with E-state index in [1.54, 1.807) is 30.3 Å². The summed E-state index contributed by atoms with van der Waals surface area (Å²) in [5.74, 6) is -1.11. The van der Waals surface area contributed by atoms with Gasteiger partial charge in [-0.1, -0.05) is 24.3 Å². The van der Waals surface area contributed by atoms with Gasteiger partial charge in [0.1, 0.15) is 5.75 Å². The molecule has 2 amide bonds. The Labute approximate surface area is 152 Å². The highest BCUT2D eigenvalue weighted by molar-refractivity contribution is 6.45. The van der Waals surface area contributed by atoms with Crippen LogP contribution in [0.1, 0.15) is 30.5 Å². The lowest BCUT2D eigenvalue weighted by Crippen LogP contribution is -2.32. The molecule has 0 saturated carbocycles. The van der Waals surface area contributed by atoms with Crippen LogP contribution >= 0.6 is 0 Å². The second kappa shape index (κ2) is 6.67. The number of hydrogen-bond acceptors (Lipinski definition) is 4. The summed E-state index contributed by atoms with van der Waals surface area (Å²) in [6.07, 6.45) is 0.0305. The number of nitrogens with zero attached hydrogens (tertiary/aromatic N) is 1. The highest BCUT2D eigenvalue weighted by Gasteiger charge is 2.40. The average molecular weight is 351 g/mol. The number of carbonyl (C=O) groups is 2. The monoisotopic (exact) mass is 351 g/mol. The van der Waals surface area contributed by atoms with Crippen LogP contribution in [0.4, 0.5) is 5.69 Å². The van der Waals surface area contributed by atoms with Crippen LogP contribution in [0.5, 0.6) is 5.75 Å². The van der Waals surface area contributed by atoms with Gasteiger partial charge in [-0.25, -0.2) is 4.90 Å². The van der Waals surface area contributed by atoms with Crippen LogP contribution in [-0.4, -0.2) is 23.0 Å². The molecule has 0 fully saturated rings. The molecule has 0 spiro atoms. The summed E-state index contributed by atoms with van der Waals surface area (Å²) in [7, 11) is 0. The summed E-state index contributed by atoms with van der Waals surface area (Å²) < 4.78 is 5.59. The van der Waals surface area contributed by atoms with E-state index in [0.29, 0.717) is 17.0 Å². The number of aliphatic hydroxyl groups is 1. The molecule has 1 aliphatic heterocycles. The standard InChI is InChI=1S/C21H21NO4/c1-12(2)26-16-9-7-15(8-10-16)18-19(23)21(25)22(20(18)24)17-11-13(3)5-6-14(17)4/h5-12,23H,1-4H3. The number of imide groups is 1. The van der Waals surface area contributed by atoms with E-state index < -0.39 is 17.6 Å². The number of ether oxygens (including phenoxy) is 1. The normalized spacial score (nSPS) is 14.6. The van der Waals surface area contributed by atoms with Crippen LogP contribution in [0.25, 0.3) is 5.57 Å². The first-order valence-corrected chi connectivity index (χ1v) is 8.46. The van der Waals surface area contributed by atoms with Gasteiger partial charge in [0, 0.05) is 0 Å². The molecular weight excluding hydrogens is 330 g/mol. The molecule has 2 aromatic carbocycles.